The van der Waals surface area contributed by atoms with E-state index in [0.717, 1.165) is 12.0 Å². The quantitative estimate of drug-likeness (QED) is 0.909. The van der Waals surface area contributed by atoms with E-state index in [4.69, 9.17) is 0 Å². The number of hydrogen-bond acceptors (Lipinski definition) is 3. The van der Waals surface area contributed by atoms with Crippen LogP contribution in [0.2, 0.25) is 0 Å². The second-order valence-corrected chi connectivity index (χ2v) is 5.23. The average Bonchev–Trinajstić information content (AvgIpc) is 2.46. The fraction of sp³-hybridized carbons (Fsp3) is 0.533. The third-order valence-corrected chi connectivity index (χ3v) is 3.83. The van der Waals surface area contributed by atoms with E-state index in [1.807, 2.05) is 26.0 Å². The third-order valence-electron chi connectivity index (χ3n) is 3.83. The number of nitrogens with zero attached hydrogens (tertiary/aromatic N) is 2. The van der Waals surface area contributed by atoms with Crippen LogP contribution in [0.3, 0.4) is 0 Å². The highest BCUT2D eigenvalue weighted by atomic mass is 16.2. The summed E-state index contributed by atoms with van der Waals surface area (Å²) in [5, 5.41) is 2.81. The summed E-state index contributed by atoms with van der Waals surface area (Å²) in [7, 11) is 0. The number of piperazine rings is 1. The van der Waals surface area contributed by atoms with Crippen LogP contribution in [-0.2, 0) is 9.59 Å². The van der Waals surface area contributed by atoms with Crippen molar-refractivity contribution in [1.29, 1.82) is 0 Å². The van der Waals surface area contributed by atoms with Gasteiger partial charge in [-0.2, -0.15) is 0 Å². The highest BCUT2D eigenvalue weighted by Crippen LogP contribution is 2.26. The van der Waals surface area contributed by atoms with Crippen molar-refractivity contribution in [3.63, 3.8) is 0 Å². The normalized spacial score (nSPS) is 24.4. The van der Waals surface area contributed by atoms with E-state index in [1.165, 1.54) is 0 Å². The van der Waals surface area contributed by atoms with Gasteiger partial charge in [0.15, 0.2) is 0 Å². The average molecular weight is 275 g/mol. The lowest BCUT2D eigenvalue weighted by molar-refractivity contribution is -0.151. The lowest BCUT2D eigenvalue weighted by Crippen LogP contribution is -2.62. The molecule has 2 rings (SSSR count). The number of amides is 2. The van der Waals surface area contributed by atoms with Crippen LogP contribution in [0, 0.1) is 0 Å². The van der Waals surface area contributed by atoms with Crippen molar-refractivity contribution < 1.29 is 9.59 Å². The van der Waals surface area contributed by atoms with Crippen molar-refractivity contribution in [3.8, 4) is 0 Å². The number of nitrogens with one attached hydrogen (secondary N) is 1. The maximum Gasteiger partial charge on any atom is 0.246 e. The first-order valence-electron chi connectivity index (χ1n) is 7.08. The highest BCUT2D eigenvalue weighted by molar-refractivity contribution is 5.96. The molecule has 3 atom stereocenters. The van der Waals surface area contributed by atoms with Crippen LogP contribution in [0.25, 0.3) is 0 Å². The molecule has 2 amide bonds. The molecule has 1 aliphatic heterocycles. The molecule has 1 fully saturated rings. The van der Waals surface area contributed by atoms with E-state index in [1.54, 1.807) is 24.2 Å². The van der Waals surface area contributed by atoms with Gasteiger partial charge in [0.05, 0.1) is 6.04 Å². The summed E-state index contributed by atoms with van der Waals surface area (Å²) in [5.74, 6) is -0.0888. The number of hydrogen-bond donors (Lipinski definition) is 1. The fourth-order valence-electron chi connectivity index (χ4n) is 2.65. The van der Waals surface area contributed by atoms with E-state index in [9.17, 15) is 9.59 Å². The number of rotatable bonds is 4. The van der Waals surface area contributed by atoms with Gasteiger partial charge in [0.2, 0.25) is 11.8 Å². The van der Waals surface area contributed by atoms with Crippen LogP contribution >= 0.6 is 0 Å². The fourth-order valence-corrected chi connectivity index (χ4v) is 2.65. The van der Waals surface area contributed by atoms with Crippen LogP contribution in [0.5, 0.6) is 0 Å². The molecule has 0 saturated carbocycles. The van der Waals surface area contributed by atoms with Gasteiger partial charge < -0.3 is 10.2 Å². The molecule has 0 bridgehead atoms. The summed E-state index contributed by atoms with van der Waals surface area (Å²) in [6, 6.07) is 2.76. The first kappa shape index (κ1) is 14.5. The van der Waals surface area contributed by atoms with Crippen molar-refractivity contribution in [1.82, 2.24) is 15.2 Å². The van der Waals surface area contributed by atoms with E-state index < -0.39 is 12.1 Å². The zero-order valence-electron chi connectivity index (χ0n) is 12.2. The monoisotopic (exact) mass is 275 g/mol. The first-order valence-corrected chi connectivity index (χ1v) is 7.08. The molecule has 5 heteroatoms. The van der Waals surface area contributed by atoms with Crippen molar-refractivity contribution in [3.05, 3.63) is 30.1 Å². The molecule has 0 spiro atoms. The Balaban J connectivity index is 2.27. The Labute approximate surface area is 119 Å². The van der Waals surface area contributed by atoms with Crippen LogP contribution in [0.15, 0.2) is 24.5 Å². The Hall–Kier alpha value is -1.91. The van der Waals surface area contributed by atoms with Gasteiger partial charge in [0.25, 0.3) is 0 Å². The predicted octanol–water partition coefficient (Wildman–Crippen LogP) is 1.66. The molecule has 1 saturated heterocycles. The van der Waals surface area contributed by atoms with E-state index in [0.29, 0.717) is 6.42 Å². The summed E-state index contributed by atoms with van der Waals surface area (Å²) >= 11 is 0. The van der Waals surface area contributed by atoms with Gasteiger partial charge in [-0.3, -0.25) is 14.6 Å². The van der Waals surface area contributed by atoms with Gasteiger partial charge in [-0.15, -0.1) is 0 Å². The van der Waals surface area contributed by atoms with Gasteiger partial charge in [-0.1, -0.05) is 19.4 Å². The number of carbonyl (C=O) groups excluding carboxylic acids is 2. The zero-order valence-corrected chi connectivity index (χ0v) is 12.2. The molecule has 3 unspecified atom stereocenters. The summed E-state index contributed by atoms with van der Waals surface area (Å²) < 4.78 is 0. The standard InChI is InChI=1S/C15H21N3O2/c1-4-6-13-15(20)18(11(3)14(19)17-13)10(2)12-7-5-8-16-9-12/h5,7-11,13H,4,6H2,1-3H3,(H,17,19). The maximum atomic E-state index is 12.6. The lowest BCUT2D eigenvalue weighted by Gasteiger charge is -2.41. The Morgan fingerprint density at radius 3 is 2.80 bits per heavy atom. The largest absolute Gasteiger partial charge is 0.343 e. The molecule has 2 heterocycles. The van der Waals surface area contributed by atoms with Crippen LogP contribution < -0.4 is 5.32 Å². The van der Waals surface area contributed by atoms with E-state index >= 15 is 0 Å². The number of aromatic nitrogens is 1. The molecule has 0 aromatic carbocycles. The van der Waals surface area contributed by atoms with Crippen molar-refractivity contribution in [2.24, 2.45) is 0 Å². The lowest BCUT2D eigenvalue weighted by atomic mass is 9.99. The van der Waals surface area contributed by atoms with E-state index in [2.05, 4.69) is 10.3 Å². The van der Waals surface area contributed by atoms with Crippen LogP contribution in [-0.4, -0.2) is 33.8 Å². The summed E-state index contributed by atoms with van der Waals surface area (Å²) in [6.07, 6.45) is 4.98. The van der Waals surface area contributed by atoms with Gasteiger partial charge >= 0.3 is 0 Å². The van der Waals surface area contributed by atoms with Crippen molar-refractivity contribution >= 4 is 11.8 Å². The molecule has 1 aliphatic rings. The second kappa shape index (κ2) is 6.03. The minimum Gasteiger partial charge on any atom is -0.343 e. The van der Waals surface area contributed by atoms with Gasteiger partial charge in [0.1, 0.15) is 12.1 Å². The topological polar surface area (TPSA) is 62.3 Å². The number of carbonyl (C=O) groups is 2. The number of pyridine rings is 1. The maximum absolute atomic E-state index is 12.6. The molecule has 0 aliphatic carbocycles. The first-order chi connectivity index (χ1) is 9.56. The smallest absolute Gasteiger partial charge is 0.246 e. The molecule has 1 N–H and O–H groups in total. The van der Waals surface area contributed by atoms with Crippen LogP contribution in [0.4, 0.5) is 0 Å². The summed E-state index contributed by atoms with van der Waals surface area (Å²) in [6.45, 7) is 5.71. The summed E-state index contributed by atoms with van der Waals surface area (Å²) in [5.41, 5.74) is 0.942. The summed E-state index contributed by atoms with van der Waals surface area (Å²) in [4.78, 5) is 30.4. The Kier molecular flexibility index (Phi) is 4.37. The molecule has 20 heavy (non-hydrogen) atoms. The molecule has 0 radical (unpaired) electrons. The molecule has 1 aromatic rings. The Morgan fingerprint density at radius 1 is 1.45 bits per heavy atom. The van der Waals surface area contributed by atoms with Gasteiger partial charge in [-0.05, 0) is 31.9 Å². The van der Waals surface area contributed by atoms with Crippen molar-refractivity contribution in [2.45, 2.75) is 51.7 Å². The third kappa shape index (κ3) is 2.66. The minimum absolute atomic E-state index is 0.00435. The minimum atomic E-state index is -0.453. The van der Waals surface area contributed by atoms with E-state index in [-0.39, 0.29) is 17.9 Å². The van der Waals surface area contributed by atoms with Gasteiger partial charge in [0, 0.05) is 12.4 Å². The highest BCUT2D eigenvalue weighted by Gasteiger charge is 2.40. The Morgan fingerprint density at radius 2 is 2.20 bits per heavy atom. The van der Waals surface area contributed by atoms with Crippen molar-refractivity contribution in [2.75, 3.05) is 0 Å². The Bertz CT molecular complexity index is 489. The zero-order chi connectivity index (χ0) is 14.7. The SMILES string of the molecule is CCCC1NC(=O)C(C)N(C(C)c2cccnc2)C1=O. The molecule has 108 valence electrons. The van der Waals surface area contributed by atoms with Crippen LogP contribution in [0.1, 0.15) is 45.2 Å². The molecule has 5 nitrogen and oxygen atoms in total. The molecule has 1 aromatic heterocycles. The predicted molar refractivity (Wildman–Crippen MR) is 75.8 cm³/mol. The molecular weight excluding hydrogens is 254 g/mol. The second-order valence-electron chi connectivity index (χ2n) is 5.23. The van der Waals surface area contributed by atoms with Gasteiger partial charge in [-0.25, -0.2) is 0 Å². The molecular formula is C15H21N3O2.